The van der Waals surface area contributed by atoms with Crippen molar-refractivity contribution in [3.05, 3.63) is 63.1 Å². The van der Waals surface area contributed by atoms with Crippen molar-refractivity contribution in [2.24, 2.45) is 5.92 Å². The van der Waals surface area contributed by atoms with Gasteiger partial charge < -0.3 is 24.2 Å². The van der Waals surface area contributed by atoms with E-state index in [-0.39, 0.29) is 19.0 Å². The van der Waals surface area contributed by atoms with E-state index in [2.05, 4.69) is 33.0 Å². The van der Waals surface area contributed by atoms with Gasteiger partial charge in [0.2, 0.25) is 0 Å². The number of benzene rings is 2. The number of nitrogens with zero attached hydrogens (tertiary/aromatic N) is 1. The third-order valence-corrected chi connectivity index (χ3v) is 7.58. The van der Waals surface area contributed by atoms with Gasteiger partial charge in [-0.15, -0.1) is 0 Å². The van der Waals surface area contributed by atoms with Gasteiger partial charge in [-0.1, -0.05) is 34.1 Å². The van der Waals surface area contributed by atoms with E-state index in [9.17, 15) is 14.7 Å². The lowest BCUT2D eigenvalue weighted by atomic mass is 9.89. The SMILES string of the molecule is CC(C)(C)OC(=O)OCc1cc(CC2CCN(CCc3ccc4c(c3)C(=O)C(O)CO4)CC2)ccc1Br. The minimum Gasteiger partial charge on any atom is -0.490 e. The highest BCUT2D eigenvalue weighted by molar-refractivity contribution is 9.10. The van der Waals surface area contributed by atoms with Gasteiger partial charge in [-0.2, -0.15) is 0 Å². The zero-order valence-electron chi connectivity index (χ0n) is 21.8. The van der Waals surface area contributed by atoms with Crippen LogP contribution in [0, 0.1) is 5.92 Å². The van der Waals surface area contributed by atoms with Gasteiger partial charge in [0.25, 0.3) is 0 Å². The van der Waals surface area contributed by atoms with E-state index in [0.29, 0.717) is 17.2 Å². The van der Waals surface area contributed by atoms with Gasteiger partial charge >= 0.3 is 6.16 Å². The molecule has 0 aliphatic carbocycles. The number of likely N-dealkylation sites (tertiary alicyclic amines) is 1. The molecule has 2 aromatic rings. The highest BCUT2D eigenvalue weighted by atomic mass is 79.9. The Bertz CT molecular complexity index is 1120. The first-order valence-corrected chi connectivity index (χ1v) is 13.7. The van der Waals surface area contributed by atoms with Crippen molar-refractivity contribution in [1.29, 1.82) is 0 Å². The molecular weight excluding hydrogens is 538 g/mol. The fourth-order valence-electron chi connectivity index (χ4n) is 4.79. The van der Waals surface area contributed by atoms with E-state index >= 15 is 0 Å². The molecule has 200 valence electrons. The summed E-state index contributed by atoms with van der Waals surface area (Å²) in [4.78, 5) is 26.6. The second kappa shape index (κ2) is 12.0. The molecule has 1 atom stereocenters. The van der Waals surface area contributed by atoms with Gasteiger partial charge in [0, 0.05) is 16.6 Å². The van der Waals surface area contributed by atoms with Crippen LogP contribution in [-0.4, -0.2) is 59.9 Å². The van der Waals surface area contributed by atoms with E-state index in [1.807, 2.05) is 45.0 Å². The molecule has 37 heavy (non-hydrogen) atoms. The second-order valence-corrected chi connectivity index (χ2v) is 11.8. The molecule has 1 fully saturated rings. The normalized spacial score (nSPS) is 18.7. The third kappa shape index (κ3) is 7.79. The number of hydrogen-bond donors (Lipinski definition) is 1. The highest BCUT2D eigenvalue weighted by Crippen LogP contribution is 2.28. The van der Waals surface area contributed by atoms with Crippen LogP contribution in [-0.2, 0) is 28.9 Å². The summed E-state index contributed by atoms with van der Waals surface area (Å²) >= 11 is 3.56. The van der Waals surface area contributed by atoms with Crippen molar-refractivity contribution in [2.75, 3.05) is 26.2 Å². The van der Waals surface area contributed by atoms with E-state index in [1.165, 1.54) is 5.56 Å². The molecule has 2 aliphatic rings. The van der Waals surface area contributed by atoms with E-state index in [0.717, 1.165) is 60.9 Å². The summed E-state index contributed by atoms with van der Waals surface area (Å²) in [7, 11) is 0. The maximum absolute atomic E-state index is 12.2. The summed E-state index contributed by atoms with van der Waals surface area (Å²) in [6, 6.07) is 12.0. The predicted molar refractivity (Wildman–Crippen MR) is 144 cm³/mol. The molecule has 0 spiro atoms. The Morgan fingerprint density at radius 1 is 1.14 bits per heavy atom. The number of rotatable bonds is 7. The standard InChI is InChI=1S/C29H36BrNO6/c1-29(2,3)37-28(34)36-17-22-15-21(4-6-24(22)30)14-20-9-12-31(13-10-20)11-8-19-5-7-26-23(16-19)27(33)25(32)18-35-26/h4-7,15-16,20,25,32H,8-14,17-18H2,1-3H3. The van der Waals surface area contributed by atoms with Gasteiger partial charge in [0.1, 0.15) is 24.6 Å². The molecule has 0 amide bonds. The fourth-order valence-corrected chi connectivity index (χ4v) is 5.15. The number of carbonyl (C=O) groups is 2. The Hall–Kier alpha value is -2.42. The van der Waals surface area contributed by atoms with Crippen LogP contribution < -0.4 is 4.74 Å². The summed E-state index contributed by atoms with van der Waals surface area (Å²) in [6.45, 7) is 8.66. The number of ether oxygens (including phenoxy) is 3. The zero-order chi connectivity index (χ0) is 26.6. The van der Waals surface area contributed by atoms with Crippen molar-refractivity contribution in [3.63, 3.8) is 0 Å². The molecule has 0 bridgehead atoms. The van der Waals surface area contributed by atoms with Crippen LogP contribution in [0.25, 0.3) is 0 Å². The minimum absolute atomic E-state index is 0.0293. The van der Waals surface area contributed by atoms with Crippen molar-refractivity contribution < 1.29 is 28.9 Å². The lowest BCUT2D eigenvalue weighted by molar-refractivity contribution is -0.0109. The summed E-state index contributed by atoms with van der Waals surface area (Å²) in [5, 5.41) is 9.78. The lowest BCUT2D eigenvalue weighted by Gasteiger charge is -2.32. The molecule has 0 saturated carbocycles. The molecule has 4 rings (SSSR count). The molecular formula is C29H36BrNO6. The number of ketones is 1. The Morgan fingerprint density at radius 2 is 1.86 bits per heavy atom. The molecule has 2 aromatic carbocycles. The maximum atomic E-state index is 12.2. The van der Waals surface area contributed by atoms with Gasteiger partial charge in [0.15, 0.2) is 11.9 Å². The minimum atomic E-state index is -1.07. The second-order valence-electron chi connectivity index (χ2n) is 10.9. The molecule has 0 aromatic heterocycles. The molecule has 0 radical (unpaired) electrons. The Kier molecular flexibility index (Phi) is 8.93. The molecule has 2 aliphatic heterocycles. The van der Waals surface area contributed by atoms with Gasteiger partial charge in [-0.3, -0.25) is 4.79 Å². The van der Waals surface area contributed by atoms with Crippen LogP contribution in [0.3, 0.4) is 0 Å². The fraction of sp³-hybridized carbons (Fsp3) is 0.517. The monoisotopic (exact) mass is 573 g/mol. The smallest absolute Gasteiger partial charge is 0.490 e. The number of fused-ring (bicyclic) bond motifs is 1. The predicted octanol–water partition coefficient (Wildman–Crippen LogP) is 5.33. The van der Waals surface area contributed by atoms with Crippen LogP contribution in [0.5, 0.6) is 5.75 Å². The average Bonchev–Trinajstić information content (AvgIpc) is 2.85. The Labute approximate surface area is 227 Å². The van der Waals surface area contributed by atoms with Crippen molar-refractivity contribution in [1.82, 2.24) is 4.90 Å². The van der Waals surface area contributed by atoms with E-state index in [4.69, 9.17) is 14.2 Å². The molecule has 1 N–H and O–H groups in total. The number of hydrogen-bond acceptors (Lipinski definition) is 7. The number of aliphatic hydroxyl groups is 1. The molecule has 2 heterocycles. The van der Waals surface area contributed by atoms with Crippen molar-refractivity contribution in [2.45, 2.75) is 64.8 Å². The molecule has 7 nitrogen and oxygen atoms in total. The topological polar surface area (TPSA) is 85.3 Å². The van der Waals surface area contributed by atoms with Crippen LogP contribution in [0.2, 0.25) is 0 Å². The van der Waals surface area contributed by atoms with Gasteiger partial charge in [-0.05, 0) is 94.8 Å². The van der Waals surface area contributed by atoms with Crippen LogP contribution in [0.4, 0.5) is 4.79 Å². The molecule has 1 saturated heterocycles. The molecule has 1 unspecified atom stereocenters. The van der Waals surface area contributed by atoms with Crippen LogP contribution in [0.1, 0.15) is 60.7 Å². The quantitative estimate of drug-likeness (QED) is 0.448. The summed E-state index contributed by atoms with van der Waals surface area (Å²) in [5.74, 6) is 0.917. The van der Waals surface area contributed by atoms with Crippen molar-refractivity contribution >= 4 is 27.9 Å². The van der Waals surface area contributed by atoms with Crippen molar-refractivity contribution in [3.8, 4) is 5.75 Å². The number of halogens is 1. The van der Waals surface area contributed by atoms with E-state index in [1.54, 1.807) is 0 Å². The van der Waals surface area contributed by atoms with Crippen LogP contribution in [0.15, 0.2) is 40.9 Å². The first-order chi connectivity index (χ1) is 17.6. The Morgan fingerprint density at radius 3 is 2.59 bits per heavy atom. The Balaban J connectivity index is 1.24. The van der Waals surface area contributed by atoms with Crippen LogP contribution >= 0.6 is 15.9 Å². The van der Waals surface area contributed by atoms with Gasteiger partial charge in [-0.25, -0.2) is 4.79 Å². The maximum Gasteiger partial charge on any atom is 0.509 e. The molecule has 8 heteroatoms. The third-order valence-electron chi connectivity index (χ3n) is 6.80. The van der Waals surface area contributed by atoms with Gasteiger partial charge in [0.05, 0.1) is 5.56 Å². The first-order valence-electron chi connectivity index (χ1n) is 12.9. The van der Waals surface area contributed by atoms with E-state index < -0.39 is 17.9 Å². The summed E-state index contributed by atoms with van der Waals surface area (Å²) in [5.41, 5.74) is 3.17. The zero-order valence-corrected chi connectivity index (χ0v) is 23.4. The largest absolute Gasteiger partial charge is 0.509 e. The first kappa shape index (κ1) is 27.6. The summed E-state index contributed by atoms with van der Waals surface area (Å²) < 4.78 is 16.9. The lowest BCUT2D eigenvalue weighted by Crippen LogP contribution is -2.36. The highest BCUT2D eigenvalue weighted by Gasteiger charge is 2.27. The number of Topliss-reactive ketones (excluding diaryl/α,β-unsaturated/α-hetero) is 1. The number of piperidine rings is 1. The number of carbonyl (C=O) groups excluding carboxylic acids is 2. The summed E-state index contributed by atoms with van der Waals surface area (Å²) in [6.07, 6.45) is 2.38. The average molecular weight is 575 g/mol. The number of aliphatic hydroxyl groups excluding tert-OH is 1.